The fourth-order valence-corrected chi connectivity index (χ4v) is 3.29. The monoisotopic (exact) mass is 339 g/mol. The van der Waals surface area contributed by atoms with Gasteiger partial charge in [0.25, 0.3) is 0 Å². The van der Waals surface area contributed by atoms with Gasteiger partial charge in [-0.3, -0.25) is 0 Å². The third-order valence-electron chi connectivity index (χ3n) is 4.72. The molecule has 1 N–H and O–H groups in total. The number of ether oxygens (including phenoxy) is 1. The standard InChI is InChI=1S/C17H23F2N3O2/c1-12-5-8-24-9-7-22(12)17(23)20-14-4-6-21(11-14)16-3-2-13(18)10-15(16)19/h2-3,10,12,14H,4-9,11H2,1H3,(H,20,23)/t12-,14-/m1/s1. The summed E-state index contributed by atoms with van der Waals surface area (Å²) >= 11 is 0. The van der Waals surface area contributed by atoms with Gasteiger partial charge in [0.05, 0.1) is 12.3 Å². The van der Waals surface area contributed by atoms with Crippen LogP contribution in [0.5, 0.6) is 0 Å². The molecule has 2 aliphatic rings. The van der Waals surface area contributed by atoms with Gasteiger partial charge in [-0.25, -0.2) is 13.6 Å². The summed E-state index contributed by atoms with van der Waals surface area (Å²) < 4.78 is 32.3. The summed E-state index contributed by atoms with van der Waals surface area (Å²) in [5, 5.41) is 3.03. The van der Waals surface area contributed by atoms with Gasteiger partial charge < -0.3 is 19.9 Å². The average Bonchev–Trinajstić information content (AvgIpc) is 2.87. The third-order valence-corrected chi connectivity index (χ3v) is 4.72. The van der Waals surface area contributed by atoms with Crippen molar-refractivity contribution in [3.8, 4) is 0 Å². The molecule has 2 amide bonds. The molecule has 1 aromatic rings. The molecule has 0 aromatic heterocycles. The van der Waals surface area contributed by atoms with E-state index in [0.717, 1.165) is 18.9 Å². The second-order valence-electron chi connectivity index (χ2n) is 6.42. The topological polar surface area (TPSA) is 44.8 Å². The first-order valence-corrected chi connectivity index (χ1v) is 8.39. The molecule has 0 unspecified atom stereocenters. The van der Waals surface area contributed by atoms with Crippen LogP contribution in [0.4, 0.5) is 19.3 Å². The Hall–Kier alpha value is -1.89. The van der Waals surface area contributed by atoms with Gasteiger partial charge in [-0.2, -0.15) is 0 Å². The number of hydrogen-bond acceptors (Lipinski definition) is 3. The fourth-order valence-electron chi connectivity index (χ4n) is 3.29. The summed E-state index contributed by atoms with van der Waals surface area (Å²) in [4.78, 5) is 16.1. The van der Waals surface area contributed by atoms with E-state index in [9.17, 15) is 13.6 Å². The van der Waals surface area contributed by atoms with Crippen molar-refractivity contribution < 1.29 is 18.3 Å². The first-order valence-electron chi connectivity index (χ1n) is 8.39. The number of hydrogen-bond donors (Lipinski definition) is 1. The number of amides is 2. The van der Waals surface area contributed by atoms with Crippen molar-refractivity contribution in [3.63, 3.8) is 0 Å². The van der Waals surface area contributed by atoms with Crippen molar-refractivity contribution in [2.45, 2.75) is 31.8 Å². The summed E-state index contributed by atoms with van der Waals surface area (Å²) in [6.45, 7) is 4.97. The van der Waals surface area contributed by atoms with Crippen LogP contribution in [-0.4, -0.2) is 55.9 Å². The number of benzene rings is 1. The number of urea groups is 1. The van der Waals surface area contributed by atoms with Crippen molar-refractivity contribution in [3.05, 3.63) is 29.8 Å². The molecule has 2 fully saturated rings. The van der Waals surface area contributed by atoms with Crippen LogP contribution in [0.3, 0.4) is 0 Å². The lowest BCUT2D eigenvalue weighted by Gasteiger charge is -2.28. The van der Waals surface area contributed by atoms with E-state index < -0.39 is 11.6 Å². The van der Waals surface area contributed by atoms with E-state index in [2.05, 4.69) is 5.32 Å². The van der Waals surface area contributed by atoms with Crippen LogP contribution in [0.15, 0.2) is 18.2 Å². The molecular formula is C17H23F2N3O2. The van der Waals surface area contributed by atoms with Crippen molar-refractivity contribution >= 4 is 11.7 Å². The van der Waals surface area contributed by atoms with E-state index in [1.165, 1.54) is 12.1 Å². The van der Waals surface area contributed by atoms with Gasteiger partial charge in [0.15, 0.2) is 0 Å². The van der Waals surface area contributed by atoms with Gasteiger partial charge >= 0.3 is 6.03 Å². The van der Waals surface area contributed by atoms with E-state index >= 15 is 0 Å². The van der Waals surface area contributed by atoms with Gasteiger partial charge in [-0.1, -0.05) is 0 Å². The maximum Gasteiger partial charge on any atom is 0.317 e. The lowest BCUT2D eigenvalue weighted by Crippen LogP contribution is -2.49. The summed E-state index contributed by atoms with van der Waals surface area (Å²) in [5.74, 6) is -1.15. The van der Waals surface area contributed by atoms with Crippen molar-refractivity contribution in [1.29, 1.82) is 0 Å². The minimum Gasteiger partial charge on any atom is -0.380 e. The molecule has 24 heavy (non-hydrogen) atoms. The predicted octanol–water partition coefficient (Wildman–Crippen LogP) is 2.36. The minimum absolute atomic E-state index is 0.0432. The number of nitrogens with zero attached hydrogens (tertiary/aromatic N) is 2. The Kier molecular flexibility index (Phi) is 5.18. The molecule has 0 aliphatic carbocycles. The highest BCUT2D eigenvalue weighted by atomic mass is 19.1. The summed E-state index contributed by atoms with van der Waals surface area (Å²) in [5.41, 5.74) is 0.379. The maximum atomic E-state index is 13.9. The lowest BCUT2D eigenvalue weighted by molar-refractivity contribution is 0.141. The predicted molar refractivity (Wildman–Crippen MR) is 87.1 cm³/mol. The van der Waals surface area contributed by atoms with Crippen LogP contribution >= 0.6 is 0 Å². The molecule has 2 aliphatic heterocycles. The lowest BCUT2D eigenvalue weighted by atomic mass is 10.2. The number of halogens is 2. The molecule has 5 nitrogen and oxygen atoms in total. The zero-order chi connectivity index (χ0) is 17.1. The molecule has 3 rings (SSSR count). The van der Waals surface area contributed by atoms with Gasteiger partial charge in [0.1, 0.15) is 11.6 Å². The van der Waals surface area contributed by atoms with E-state index in [1.807, 2.05) is 11.8 Å². The summed E-state index contributed by atoms with van der Waals surface area (Å²) in [6.07, 6.45) is 1.56. The zero-order valence-electron chi connectivity index (χ0n) is 13.8. The first-order chi connectivity index (χ1) is 11.5. The smallest absolute Gasteiger partial charge is 0.317 e. The largest absolute Gasteiger partial charge is 0.380 e. The molecule has 1 aromatic carbocycles. The molecule has 2 saturated heterocycles. The van der Waals surface area contributed by atoms with E-state index in [4.69, 9.17) is 4.74 Å². The van der Waals surface area contributed by atoms with Gasteiger partial charge in [0.2, 0.25) is 0 Å². The molecular weight excluding hydrogens is 316 g/mol. The van der Waals surface area contributed by atoms with Gasteiger partial charge in [-0.15, -0.1) is 0 Å². The van der Waals surface area contributed by atoms with Crippen LogP contribution in [0.25, 0.3) is 0 Å². The molecule has 0 spiro atoms. The van der Waals surface area contributed by atoms with Gasteiger partial charge in [-0.05, 0) is 31.9 Å². The van der Waals surface area contributed by atoms with Crippen LogP contribution in [0.2, 0.25) is 0 Å². The highest BCUT2D eigenvalue weighted by molar-refractivity contribution is 5.75. The van der Waals surface area contributed by atoms with Crippen molar-refractivity contribution in [1.82, 2.24) is 10.2 Å². The van der Waals surface area contributed by atoms with E-state index in [0.29, 0.717) is 38.5 Å². The van der Waals surface area contributed by atoms with Gasteiger partial charge in [0, 0.05) is 44.4 Å². The van der Waals surface area contributed by atoms with Crippen molar-refractivity contribution in [2.24, 2.45) is 0 Å². The fraction of sp³-hybridized carbons (Fsp3) is 0.588. The molecule has 0 radical (unpaired) electrons. The molecule has 2 atom stereocenters. The molecule has 2 heterocycles. The number of anilines is 1. The van der Waals surface area contributed by atoms with Crippen molar-refractivity contribution in [2.75, 3.05) is 37.7 Å². The summed E-state index contributed by atoms with van der Waals surface area (Å²) in [7, 11) is 0. The second kappa shape index (κ2) is 7.34. The van der Waals surface area contributed by atoms with Crippen LogP contribution in [0.1, 0.15) is 19.8 Å². The highest BCUT2D eigenvalue weighted by Crippen LogP contribution is 2.24. The highest BCUT2D eigenvalue weighted by Gasteiger charge is 2.29. The SMILES string of the molecule is C[C@@H]1CCOCCN1C(=O)N[C@@H]1CCN(c2ccc(F)cc2F)C1. The Morgan fingerprint density at radius 1 is 1.25 bits per heavy atom. The number of rotatable bonds is 2. The Labute approximate surface area is 140 Å². The Morgan fingerprint density at radius 3 is 2.88 bits per heavy atom. The first kappa shape index (κ1) is 17.0. The van der Waals surface area contributed by atoms with Crippen LogP contribution in [-0.2, 0) is 4.74 Å². The average molecular weight is 339 g/mol. The van der Waals surface area contributed by atoms with E-state index in [-0.39, 0.29) is 18.1 Å². The molecule has 0 bridgehead atoms. The Bertz CT molecular complexity index is 599. The quantitative estimate of drug-likeness (QED) is 0.900. The number of nitrogens with one attached hydrogen (secondary N) is 1. The zero-order valence-corrected chi connectivity index (χ0v) is 13.8. The molecule has 132 valence electrons. The van der Waals surface area contributed by atoms with Crippen LogP contribution in [0, 0.1) is 11.6 Å². The molecule has 7 heteroatoms. The number of carbonyl (C=O) groups is 1. The third kappa shape index (κ3) is 3.77. The van der Waals surface area contributed by atoms with Crippen LogP contribution < -0.4 is 10.2 Å². The molecule has 0 saturated carbocycles. The number of carbonyl (C=O) groups excluding carboxylic acids is 1. The minimum atomic E-state index is -0.585. The second-order valence-corrected chi connectivity index (χ2v) is 6.42. The summed E-state index contributed by atoms with van der Waals surface area (Å²) in [6, 6.07) is 3.59. The maximum absolute atomic E-state index is 13.9. The van der Waals surface area contributed by atoms with E-state index in [1.54, 1.807) is 4.90 Å². The Morgan fingerprint density at radius 2 is 2.08 bits per heavy atom. The Balaban J connectivity index is 1.58. The normalized spacial score (nSPS) is 24.8.